The van der Waals surface area contributed by atoms with Gasteiger partial charge in [-0.25, -0.2) is 4.39 Å². The van der Waals surface area contributed by atoms with Gasteiger partial charge in [-0.1, -0.05) is 30.3 Å². The molecule has 0 bridgehead atoms. The predicted octanol–water partition coefficient (Wildman–Crippen LogP) is 4.37. The summed E-state index contributed by atoms with van der Waals surface area (Å²) in [5.74, 6) is -0.979. The van der Waals surface area contributed by atoms with E-state index >= 15 is 0 Å². The summed E-state index contributed by atoms with van der Waals surface area (Å²) in [6, 6.07) is 13.9. The van der Waals surface area contributed by atoms with E-state index in [0.717, 1.165) is 10.8 Å². The Labute approximate surface area is 123 Å². The van der Waals surface area contributed by atoms with Crippen molar-refractivity contribution in [3.63, 3.8) is 0 Å². The van der Waals surface area contributed by atoms with E-state index in [-0.39, 0.29) is 15.7 Å². The van der Waals surface area contributed by atoms with Crippen molar-refractivity contribution in [1.82, 2.24) is 4.98 Å². The van der Waals surface area contributed by atoms with Gasteiger partial charge in [0.25, 0.3) is 0 Å². The summed E-state index contributed by atoms with van der Waals surface area (Å²) in [6.07, 6.45) is 1.56. The second kappa shape index (κ2) is 5.13. The van der Waals surface area contributed by atoms with Gasteiger partial charge in [-0.15, -0.1) is 0 Å². The highest BCUT2D eigenvalue weighted by atomic mass is 79.9. The molecule has 1 heterocycles. The number of pyridine rings is 1. The van der Waals surface area contributed by atoms with Crippen LogP contribution in [0.3, 0.4) is 0 Å². The van der Waals surface area contributed by atoms with E-state index in [4.69, 9.17) is 0 Å². The van der Waals surface area contributed by atoms with Gasteiger partial charge in [-0.2, -0.15) is 0 Å². The predicted molar refractivity (Wildman–Crippen MR) is 79.3 cm³/mol. The van der Waals surface area contributed by atoms with Crippen LogP contribution in [0.2, 0.25) is 0 Å². The number of ketones is 1. The van der Waals surface area contributed by atoms with E-state index in [2.05, 4.69) is 20.9 Å². The zero-order valence-corrected chi connectivity index (χ0v) is 11.9. The first-order valence-electron chi connectivity index (χ1n) is 6.01. The number of aromatic nitrogens is 1. The van der Waals surface area contributed by atoms with Crippen LogP contribution in [0.25, 0.3) is 10.8 Å². The Balaban J connectivity index is 2.21. The minimum Gasteiger partial charge on any atom is -0.287 e. The lowest BCUT2D eigenvalue weighted by Crippen LogP contribution is -2.07. The van der Waals surface area contributed by atoms with Crippen molar-refractivity contribution in [1.29, 1.82) is 0 Å². The molecule has 98 valence electrons. The van der Waals surface area contributed by atoms with Gasteiger partial charge in [-0.05, 0) is 39.5 Å². The first kappa shape index (κ1) is 12.9. The third-order valence-corrected chi connectivity index (χ3v) is 3.70. The minimum absolute atomic E-state index is 0.0169. The average Bonchev–Trinajstić information content (AvgIpc) is 2.49. The number of carbonyl (C=O) groups is 1. The molecular formula is C16H9BrFNO. The van der Waals surface area contributed by atoms with Crippen molar-refractivity contribution in [3.8, 4) is 0 Å². The first-order chi connectivity index (χ1) is 9.68. The van der Waals surface area contributed by atoms with Gasteiger partial charge in [0.1, 0.15) is 11.5 Å². The molecule has 2 nitrogen and oxygen atoms in total. The largest absolute Gasteiger partial charge is 0.287 e. The third kappa shape index (κ3) is 2.12. The quantitative estimate of drug-likeness (QED) is 0.653. The zero-order valence-electron chi connectivity index (χ0n) is 10.3. The number of halogens is 2. The smallest absolute Gasteiger partial charge is 0.214 e. The van der Waals surface area contributed by atoms with Gasteiger partial charge >= 0.3 is 0 Å². The maximum Gasteiger partial charge on any atom is 0.214 e. The molecule has 3 rings (SSSR count). The molecule has 0 aliphatic carbocycles. The molecule has 1 aromatic heterocycles. The van der Waals surface area contributed by atoms with E-state index in [1.165, 1.54) is 6.07 Å². The van der Waals surface area contributed by atoms with Gasteiger partial charge in [0, 0.05) is 11.6 Å². The van der Waals surface area contributed by atoms with Crippen molar-refractivity contribution in [3.05, 3.63) is 76.3 Å². The molecule has 20 heavy (non-hydrogen) atoms. The molecule has 0 radical (unpaired) electrons. The van der Waals surface area contributed by atoms with Crippen LogP contribution in [-0.4, -0.2) is 10.8 Å². The van der Waals surface area contributed by atoms with Gasteiger partial charge in [0.15, 0.2) is 0 Å². The highest BCUT2D eigenvalue weighted by Crippen LogP contribution is 2.23. The van der Waals surface area contributed by atoms with Crippen LogP contribution in [0.5, 0.6) is 0 Å². The van der Waals surface area contributed by atoms with Crippen LogP contribution in [0.1, 0.15) is 16.1 Å². The third-order valence-electron chi connectivity index (χ3n) is 3.08. The molecule has 0 N–H and O–H groups in total. The van der Waals surface area contributed by atoms with Gasteiger partial charge < -0.3 is 0 Å². The molecule has 4 heteroatoms. The normalized spacial score (nSPS) is 10.7. The number of hydrogen-bond donors (Lipinski definition) is 0. The monoisotopic (exact) mass is 329 g/mol. The Bertz CT molecular complexity index is 811. The number of rotatable bonds is 2. The molecule has 0 aliphatic rings. The van der Waals surface area contributed by atoms with E-state index < -0.39 is 11.6 Å². The number of fused-ring (bicyclic) bond motifs is 1. The molecule has 0 fully saturated rings. The number of nitrogens with zero attached hydrogens (tertiary/aromatic N) is 1. The molecular weight excluding hydrogens is 321 g/mol. The highest BCUT2D eigenvalue weighted by molar-refractivity contribution is 9.10. The van der Waals surface area contributed by atoms with Crippen LogP contribution in [0.15, 0.2) is 59.2 Å². The lowest BCUT2D eigenvalue weighted by Gasteiger charge is -2.06. The summed E-state index contributed by atoms with van der Waals surface area (Å²) >= 11 is 3.09. The SMILES string of the molecule is O=C(c1cccc(Br)c1F)c1nccc2ccccc12. The zero-order chi connectivity index (χ0) is 14.1. The summed E-state index contributed by atoms with van der Waals surface area (Å²) in [4.78, 5) is 16.6. The molecule has 0 amide bonds. The van der Waals surface area contributed by atoms with Crippen LogP contribution in [0.4, 0.5) is 4.39 Å². The fourth-order valence-electron chi connectivity index (χ4n) is 2.11. The van der Waals surface area contributed by atoms with Gasteiger partial charge in [0.05, 0.1) is 10.0 Å². The Morgan fingerprint density at radius 2 is 1.85 bits per heavy atom. The highest BCUT2D eigenvalue weighted by Gasteiger charge is 2.18. The molecule has 3 aromatic rings. The second-order valence-electron chi connectivity index (χ2n) is 4.31. The summed E-state index contributed by atoms with van der Waals surface area (Å²) in [5, 5.41) is 1.63. The van der Waals surface area contributed by atoms with Crippen LogP contribution >= 0.6 is 15.9 Å². The van der Waals surface area contributed by atoms with E-state index in [1.807, 2.05) is 30.3 Å². The van der Waals surface area contributed by atoms with Gasteiger partial charge in [0.2, 0.25) is 5.78 Å². The fourth-order valence-corrected chi connectivity index (χ4v) is 2.47. The van der Waals surface area contributed by atoms with Gasteiger partial charge in [-0.3, -0.25) is 9.78 Å². The molecule has 2 aromatic carbocycles. The van der Waals surface area contributed by atoms with Crippen LogP contribution < -0.4 is 0 Å². The van der Waals surface area contributed by atoms with E-state index in [0.29, 0.717) is 0 Å². The summed E-state index contributed by atoms with van der Waals surface area (Å²) in [7, 11) is 0. The Morgan fingerprint density at radius 3 is 2.70 bits per heavy atom. The lowest BCUT2D eigenvalue weighted by molar-refractivity contribution is 0.103. The second-order valence-corrected chi connectivity index (χ2v) is 5.17. The van der Waals surface area contributed by atoms with Crippen molar-refractivity contribution in [2.75, 3.05) is 0 Å². The van der Waals surface area contributed by atoms with Crippen molar-refractivity contribution >= 4 is 32.5 Å². The Kier molecular flexibility index (Phi) is 3.32. The number of benzene rings is 2. The molecule has 0 saturated heterocycles. The Hall–Kier alpha value is -2.07. The fraction of sp³-hybridized carbons (Fsp3) is 0. The summed E-state index contributed by atoms with van der Waals surface area (Å²) in [6.45, 7) is 0. The van der Waals surface area contributed by atoms with Crippen molar-refractivity contribution in [2.45, 2.75) is 0 Å². The van der Waals surface area contributed by atoms with Crippen LogP contribution in [0, 0.1) is 5.82 Å². The van der Waals surface area contributed by atoms with E-state index in [1.54, 1.807) is 18.3 Å². The standard InChI is InChI=1S/C16H9BrFNO/c17-13-7-3-6-12(14(13)18)16(20)15-11-5-2-1-4-10(11)8-9-19-15/h1-9H. The molecule has 0 aliphatic heterocycles. The maximum absolute atomic E-state index is 14.0. The molecule has 0 saturated carbocycles. The topological polar surface area (TPSA) is 30.0 Å². The summed E-state index contributed by atoms with van der Waals surface area (Å²) < 4.78 is 14.3. The molecule has 0 unspecified atom stereocenters. The minimum atomic E-state index is -0.563. The van der Waals surface area contributed by atoms with Crippen LogP contribution in [-0.2, 0) is 0 Å². The summed E-state index contributed by atoms with van der Waals surface area (Å²) in [5.41, 5.74) is 0.281. The van der Waals surface area contributed by atoms with Crippen molar-refractivity contribution in [2.24, 2.45) is 0 Å². The average molecular weight is 330 g/mol. The molecule has 0 atom stereocenters. The number of hydrogen-bond acceptors (Lipinski definition) is 2. The van der Waals surface area contributed by atoms with E-state index in [9.17, 15) is 9.18 Å². The maximum atomic E-state index is 14.0. The molecule has 0 spiro atoms. The van der Waals surface area contributed by atoms with Crippen molar-refractivity contribution < 1.29 is 9.18 Å². The first-order valence-corrected chi connectivity index (χ1v) is 6.80. The lowest BCUT2D eigenvalue weighted by atomic mass is 10.0. The number of carbonyl (C=O) groups excluding carboxylic acids is 1. The Morgan fingerprint density at radius 1 is 1.05 bits per heavy atom.